The summed E-state index contributed by atoms with van der Waals surface area (Å²) in [6.07, 6.45) is 4.72. The van der Waals surface area contributed by atoms with Crippen LogP contribution in [0, 0.1) is 11.3 Å². The lowest BCUT2D eigenvalue weighted by Gasteiger charge is -2.28. The van der Waals surface area contributed by atoms with Gasteiger partial charge in [-0.05, 0) is 11.6 Å². The van der Waals surface area contributed by atoms with Gasteiger partial charge in [0.1, 0.15) is 12.1 Å². The number of rotatable bonds is 2. The van der Waals surface area contributed by atoms with Crippen molar-refractivity contribution in [2.75, 3.05) is 7.11 Å². The van der Waals surface area contributed by atoms with E-state index in [0.717, 1.165) is 11.1 Å². The largest absolute Gasteiger partial charge is 0.372 e. The maximum Gasteiger partial charge on any atom is 0.196 e. The molecule has 0 radical (unpaired) electrons. The molecule has 1 heterocycles. The molecular weight excluding hydrogens is 264 g/mol. The molecule has 1 aromatic carbocycles. The molecule has 1 aliphatic carbocycles. The molecule has 0 bridgehead atoms. The monoisotopic (exact) mass is 278 g/mol. The van der Waals surface area contributed by atoms with Crippen LogP contribution < -0.4 is 5.32 Å². The number of Topliss-reactive ketones (excluding diaryl/α,β-unsaturated/α-hetero) is 1. The Morgan fingerprint density at radius 1 is 1.29 bits per heavy atom. The van der Waals surface area contributed by atoms with Gasteiger partial charge in [-0.1, -0.05) is 36.4 Å². The summed E-state index contributed by atoms with van der Waals surface area (Å²) < 4.78 is 5.20. The number of fused-ring (bicyclic) bond motifs is 1. The summed E-state index contributed by atoms with van der Waals surface area (Å²) in [5, 5.41) is 12.4. The molecule has 0 aromatic heterocycles. The van der Waals surface area contributed by atoms with E-state index in [-0.39, 0.29) is 5.78 Å². The fraction of sp³-hybridized carbons (Fsp3) is 0.176. The van der Waals surface area contributed by atoms with Crippen molar-refractivity contribution < 1.29 is 9.53 Å². The number of carbonyl (C=O) groups is 1. The fourth-order valence-electron chi connectivity index (χ4n) is 2.67. The molecule has 0 amide bonds. The average Bonchev–Trinajstić information content (AvgIpc) is 2.55. The average molecular weight is 278 g/mol. The second-order valence-electron chi connectivity index (χ2n) is 4.86. The van der Waals surface area contributed by atoms with Crippen molar-refractivity contribution in [1.82, 2.24) is 5.32 Å². The quantitative estimate of drug-likeness (QED) is 0.898. The lowest BCUT2D eigenvalue weighted by Crippen LogP contribution is -2.35. The molecule has 1 aliphatic heterocycles. The zero-order chi connectivity index (χ0) is 14.8. The number of hydrogen-bond acceptors (Lipinski definition) is 4. The van der Waals surface area contributed by atoms with Crippen LogP contribution in [0.5, 0.6) is 0 Å². The number of ketones is 1. The highest BCUT2D eigenvalue weighted by Gasteiger charge is 2.34. The Hall–Kier alpha value is -2.64. The summed E-state index contributed by atoms with van der Waals surface area (Å²) in [7, 11) is 1.51. The van der Waals surface area contributed by atoms with Crippen LogP contribution in [0.3, 0.4) is 0 Å². The van der Waals surface area contributed by atoms with Crippen molar-refractivity contribution in [3.8, 4) is 6.07 Å². The maximum atomic E-state index is 12.6. The number of nitriles is 1. The topological polar surface area (TPSA) is 62.1 Å². The molecule has 1 N–H and O–H groups in total. The van der Waals surface area contributed by atoms with Crippen LogP contribution in [-0.2, 0) is 9.53 Å². The number of ether oxygens (including phenoxy) is 1. The number of hydrogen-bond donors (Lipinski definition) is 1. The van der Waals surface area contributed by atoms with E-state index in [2.05, 4.69) is 11.4 Å². The van der Waals surface area contributed by atoms with Crippen LogP contribution in [0.1, 0.15) is 5.56 Å². The minimum Gasteiger partial charge on any atom is -0.372 e. The Bertz CT molecular complexity index is 708. The molecule has 0 saturated heterocycles. The van der Waals surface area contributed by atoms with E-state index < -0.39 is 12.1 Å². The first-order valence-corrected chi connectivity index (χ1v) is 6.67. The molecule has 2 unspecified atom stereocenters. The predicted octanol–water partition coefficient (Wildman–Crippen LogP) is 1.97. The van der Waals surface area contributed by atoms with Crippen molar-refractivity contribution >= 4 is 11.4 Å². The molecule has 0 spiro atoms. The molecule has 1 aromatic rings. The Morgan fingerprint density at radius 3 is 2.71 bits per heavy atom. The van der Waals surface area contributed by atoms with Crippen LogP contribution in [0.4, 0.5) is 0 Å². The number of nitrogens with one attached hydrogen (secondary N) is 1. The van der Waals surface area contributed by atoms with Gasteiger partial charge in [0.25, 0.3) is 0 Å². The van der Waals surface area contributed by atoms with Crippen molar-refractivity contribution in [3.63, 3.8) is 0 Å². The highest BCUT2D eigenvalue weighted by Crippen LogP contribution is 2.34. The van der Waals surface area contributed by atoms with Gasteiger partial charge in [-0.25, -0.2) is 0 Å². The van der Waals surface area contributed by atoms with Gasteiger partial charge in [0.05, 0.1) is 6.07 Å². The smallest absolute Gasteiger partial charge is 0.196 e. The second kappa shape index (κ2) is 5.39. The van der Waals surface area contributed by atoms with Crippen molar-refractivity contribution in [2.24, 2.45) is 0 Å². The zero-order valence-electron chi connectivity index (χ0n) is 11.5. The zero-order valence-corrected chi connectivity index (χ0v) is 11.5. The third-order valence-corrected chi connectivity index (χ3v) is 3.68. The lowest BCUT2D eigenvalue weighted by atomic mass is 9.81. The van der Waals surface area contributed by atoms with Gasteiger partial charge in [0.15, 0.2) is 5.78 Å². The van der Waals surface area contributed by atoms with Gasteiger partial charge in [0.2, 0.25) is 0 Å². The van der Waals surface area contributed by atoms with Crippen molar-refractivity contribution in [1.29, 1.82) is 5.26 Å². The van der Waals surface area contributed by atoms with Gasteiger partial charge >= 0.3 is 0 Å². The fourth-order valence-corrected chi connectivity index (χ4v) is 2.67. The van der Waals surface area contributed by atoms with Crippen LogP contribution >= 0.6 is 0 Å². The van der Waals surface area contributed by atoms with Gasteiger partial charge < -0.3 is 10.1 Å². The molecule has 104 valence electrons. The number of dihydropyridines is 1. The molecule has 2 aliphatic rings. The van der Waals surface area contributed by atoms with Gasteiger partial charge in [-0.15, -0.1) is 0 Å². The summed E-state index contributed by atoms with van der Waals surface area (Å²) in [5.74, 6) is -0.105. The lowest BCUT2D eigenvalue weighted by molar-refractivity contribution is -0.122. The third-order valence-electron chi connectivity index (χ3n) is 3.68. The number of nitrogens with zero attached hydrogens (tertiary/aromatic N) is 1. The normalized spacial score (nSPS) is 24.0. The van der Waals surface area contributed by atoms with E-state index in [4.69, 9.17) is 4.74 Å². The summed E-state index contributed by atoms with van der Waals surface area (Å²) in [4.78, 5) is 12.6. The predicted molar refractivity (Wildman–Crippen MR) is 78.9 cm³/mol. The minimum atomic E-state index is -0.590. The van der Waals surface area contributed by atoms with Crippen LogP contribution in [0.25, 0.3) is 5.57 Å². The molecule has 4 nitrogen and oxygen atoms in total. The van der Waals surface area contributed by atoms with E-state index in [1.165, 1.54) is 7.11 Å². The number of methoxy groups -OCH3 is 1. The minimum absolute atomic E-state index is 0.105. The van der Waals surface area contributed by atoms with Crippen LogP contribution in [0.15, 0.2) is 59.8 Å². The summed E-state index contributed by atoms with van der Waals surface area (Å²) >= 11 is 0. The van der Waals surface area contributed by atoms with Gasteiger partial charge in [-0.3, -0.25) is 4.79 Å². The SMILES string of the molecule is COC1C=CC2=CNC(C#N)C(c3ccccc3)=C2C1=O. The first-order chi connectivity index (χ1) is 10.3. The molecular formula is C17H14N2O2. The number of carbonyl (C=O) groups excluding carboxylic acids is 1. The van der Waals surface area contributed by atoms with Crippen LogP contribution in [-0.4, -0.2) is 25.0 Å². The summed E-state index contributed by atoms with van der Waals surface area (Å²) in [5.41, 5.74) is 2.95. The molecule has 2 atom stereocenters. The Labute approximate surface area is 123 Å². The van der Waals surface area contributed by atoms with Crippen molar-refractivity contribution in [2.45, 2.75) is 12.1 Å². The van der Waals surface area contributed by atoms with E-state index in [1.54, 1.807) is 12.3 Å². The molecule has 4 heteroatoms. The number of benzene rings is 1. The highest BCUT2D eigenvalue weighted by atomic mass is 16.5. The molecule has 3 rings (SSSR count). The molecule has 21 heavy (non-hydrogen) atoms. The Balaban J connectivity index is 2.23. The Kier molecular flexibility index (Phi) is 3.43. The van der Waals surface area contributed by atoms with Crippen LogP contribution in [0.2, 0.25) is 0 Å². The first-order valence-electron chi connectivity index (χ1n) is 6.67. The van der Waals surface area contributed by atoms with E-state index >= 15 is 0 Å². The second-order valence-corrected chi connectivity index (χ2v) is 4.86. The van der Waals surface area contributed by atoms with E-state index in [0.29, 0.717) is 11.1 Å². The first kappa shape index (κ1) is 13.3. The molecule has 0 fully saturated rings. The summed E-state index contributed by atoms with van der Waals surface area (Å²) in [6.45, 7) is 0. The highest BCUT2D eigenvalue weighted by molar-refractivity contribution is 6.13. The maximum absolute atomic E-state index is 12.6. The Morgan fingerprint density at radius 2 is 2.05 bits per heavy atom. The third kappa shape index (κ3) is 2.18. The van der Waals surface area contributed by atoms with E-state index in [9.17, 15) is 10.1 Å². The van der Waals surface area contributed by atoms with Gasteiger partial charge in [-0.2, -0.15) is 5.26 Å². The number of allylic oxidation sites excluding steroid dienone is 2. The standard InChI is InChI=1S/C17H14N2O2/c1-21-14-8-7-12-10-19-13(9-18)15(16(12)17(14)20)11-5-3-2-4-6-11/h2-8,10,13-14,19H,1H3. The van der Waals surface area contributed by atoms with Gasteiger partial charge in [0, 0.05) is 30.0 Å². The molecule has 0 saturated carbocycles. The van der Waals surface area contributed by atoms with E-state index in [1.807, 2.05) is 36.4 Å². The van der Waals surface area contributed by atoms with Crippen molar-refractivity contribution in [3.05, 3.63) is 65.4 Å². The summed E-state index contributed by atoms with van der Waals surface area (Å²) in [6, 6.07) is 11.2.